The third-order valence-electron chi connectivity index (χ3n) is 3.36. The van der Waals surface area contributed by atoms with Crippen LogP contribution in [0.3, 0.4) is 0 Å². The number of carbonyl (C=O) groups excluding carboxylic acids is 1. The van der Waals surface area contributed by atoms with Crippen molar-refractivity contribution in [1.29, 1.82) is 0 Å². The number of amides is 1. The maximum absolute atomic E-state index is 13.2. The molecule has 1 aromatic heterocycles. The van der Waals surface area contributed by atoms with Gasteiger partial charge in [-0.1, -0.05) is 13.0 Å². The Morgan fingerprint density at radius 2 is 2.00 bits per heavy atom. The molecule has 0 aliphatic heterocycles. The van der Waals surface area contributed by atoms with Gasteiger partial charge in [0.1, 0.15) is 0 Å². The number of hydrogen-bond acceptors (Lipinski definition) is 2. The standard InChI is InChI=1S/C16H17F2NOS/c1-4-14-9(2)7-15(21-14)16(20)19-10(3)11-5-6-12(17)13(18)8-11/h5-8,10H,4H2,1-3H3,(H,19,20). The van der Waals surface area contributed by atoms with Crippen molar-refractivity contribution in [2.75, 3.05) is 0 Å². The van der Waals surface area contributed by atoms with Gasteiger partial charge in [0.2, 0.25) is 0 Å². The maximum Gasteiger partial charge on any atom is 0.261 e. The minimum atomic E-state index is -0.908. The molecule has 0 saturated carbocycles. The molecular formula is C16H17F2NOS. The molecule has 0 aliphatic carbocycles. The summed E-state index contributed by atoms with van der Waals surface area (Å²) in [6, 6.07) is 5.12. The predicted molar refractivity (Wildman–Crippen MR) is 80.7 cm³/mol. The SMILES string of the molecule is CCc1sc(C(=O)NC(C)c2ccc(F)c(F)c2)cc1C. The van der Waals surface area contributed by atoms with Gasteiger partial charge in [0.15, 0.2) is 11.6 Å². The molecule has 0 spiro atoms. The number of hydrogen-bond donors (Lipinski definition) is 1. The lowest BCUT2D eigenvalue weighted by atomic mass is 10.1. The Hall–Kier alpha value is -1.75. The van der Waals surface area contributed by atoms with Crippen LogP contribution in [0.4, 0.5) is 8.78 Å². The van der Waals surface area contributed by atoms with Gasteiger partial charge in [-0.05, 0) is 49.6 Å². The van der Waals surface area contributed by atoms with E-state index in [-0.39, 0.29) is 11.9 Å². The van der Waals surface area contributed by atoms with Gasteiger partial charge >= 0.3 is 0 Å². The molecule has 1 N–H and O–H groups in total. The predicted octanol–water partition coefficient (Wildman–Crippen LogP) is 4.39. The molecule has 0 fully saturated rings. The van der Waals surface area contributed by atoms with E-state index in [4.69, 9.17) is 0 Å². The summed E-state index contributed by atoms with van der Waals surface area (Å²) in [7, 11) is 0. The first-order valence-electron chi connectivity index (χ1n) is 6.77. The third kappa shape index (κ3) is 3.47. The molecule has 1 amide bonds. The van der Waals surface area contributed by atoms with Crippen molar-refractivity contribution < 1.29 is 13.6 Å². The van der Waals surface area contributed by atoms with E-state index in [2.05, 4.69) is 5.32 Å². The monoisotopic (exact) mass is 309 g/mol. The molecular weight excluding hydrogens is 292 g/mol. The maximum atomic E-state index is 13.2. The van der Waals surface area contributed by atoms with E-state index in [9.17, 15) is 13.6 Å². The zero-order valence-corrected chi connectivity index (χ0v) is 13.0. The largest absolute Gasteiger partial charge is 0.345 e. The summed E-state index contributed by atoms with van der Waals surface area (Å²) in [5.41, 5.74) is 1.64. The summed E-state index contributed by atoms with van der Waals surface area (Å²) in [4.78, 5) is 14.0. The van der Waals surface area contributed by atoms with E-state index in [0.29, 0.717) is 10.4 Å². The first-order valence-corrected chi connectivity index (χ1v) is 7.59. The number of carbonyl (C=O) groups is 1. The van der Waals surface area contributed by atoms with Gasteiger partial charge in [0.05, 0.1) is 10.9 Å². The lowest BCUT2D eigenvalue weighted by Gasteiger charge is -2.13. The Balaban J connectivity index is 2.12. The summed E-state index contributed by atoms with van der Waals surface area (Å²) in [6.45, 7) is 5.76. The highest BCUT2D eigenvalue weighted by Gasteiger charge is 2.16. The molecule has 0 saturated heterocycles. The summed E-state index contributed by atoms with van der Waals surface area (Å²) in [5, 5.41) is 2.81. The van der Waals surface area contributed by atoms with Gasteiger partial charge in [-0.15, -0.1) is 11.3 Å². The van der Waals surface area contributed by atoms with Crippen molar-refractivity contribution in [3.63, 3.8) is 0 Å². The van der Waals surface area contributed by atoms with Crippen molar-refractivity contribution in [3.8, 4) is 0 Å². The summed E-state index contributed by atoms with van der Waals surface area (Å²) < 4.78 is 26.1. The van der Waals surface area contributed by atoms with Crippen molar-refractivity contribution in [1.82, 2.24) is 5.32 Å². The van der Waals surface area contributed by atoms with Crippen LogP contribution in [-0.4, -0.2) is 5.91 Å². The second-order valence-electron chi connectivity index (χ2n) is 4.94. The number of aryl methyl sites for hydroxylation is 2. The normalized spacial score (nSPS) is 12.2. The van der Waals surface area contributed by atoms with E-state index in [0.717, 1.165) is 24.1 Å². The fourth-order valence-corrected chi connectivity index (χ4v) is 3.13. The Morgan fingerprint density at radius 3 is 2.57 bits per heavy atom. The third-order valence-corrected chi connectivity index (χ3v) is 4.74. The van der Waals surface area contributed by atoms with Crippen LogP contribution in [0.5, 0.6) is 0 Å². The highest BCUT2D eigenvalue weighted by Crippen LogP contribution is 2.23. The van der Waals surface area contributed by atoms with Gasteiger partial charge in [-0.2, -0.15) is 0 Å². The Kier molecular flexibility index (Phi) is 4.73. The van der Waals surface area contributed by atoms with Crippen LogP contribution in [0.25, 0.3) is 0 Å². The van der Waals surface area contributed by atoms with Crippen LogP contribution in [0, 0.1) is 18.6 Å². The van der Waals surface area contributed by atoms with E-state index < -0.39 is 11.6 Å². The molecule has 2 rings (SSSR count). The van der Waals surface area contributed by atoms with Crippen molar-refractivity contribution in [3.05, 3.63) is 56.8 Å². The quantitative estimate of drug-likeness (QED) is 0.891. The van der Waals surface area contributed by atoms with Crippen LogP contribution in [0.1, 0.15) is 45.6 Å². The number of nitrogens with one attached hydrogen (secondary N) is 1. The Bertz CT molecular complexity index is 666. The lowest BCUT2D eigenvalue weighted by Crippen LogP contribution is -2.26. The molecule has 1 unspecified atom stereocenters. The number of rotatable bonds is 4. The van der Waals surface area contributed by atoms with Crippen LogP contribution in [-0.2, 0) is 6.42 Å². The molecule has 1 heterocycles. The Labute approximate surface area is 126 Å². The van der Waals surface area contributed by atoms with Crippen LogP contribution >= 0.6 is 11.3 Å². The van der Waals surface area contributed by atoms with E-state index >= 15 is 0 Å². The average Bonchev–Trinajstić information content (AvgIpc) is 2.83. The fraction of sp³-hybridized carbons (Fsp3) is 0.312. The lowest BCUT2D eigenvalue weighted by molar-refractivity contribution is 0.0944. The second kappa shape index (κ2) is 6.35. The minimum absolute atomic E-state index is 0.194. The number of halogens is 2. The number of thiophene rings is 1. The van der Waals surface area contributed by atoms with Crippen LogP contribution < -0.4 is 5.32 Å². The van der Waals surface area contributed by atoms with Gasteiger partial charge in [-0.3, -0.25) is 4.79 Å². The fourth-order valence-electron chi connectivity index (χ4n) is 2.12. The average molecular weight is 309 g/mol. The smallest absolute Gasteiger partial charge is 0.261 e. The van der Waals surface area contributed by atoms with Gasteiger partial charge in [0, 0.05) is 4.88 Å². The first kappa shape index (κ1) is 15.6. The molecule has 2 aromatic rings. The zero-order valence-electron chi connectivity index (χ0n) is 12.2. The first-order chi connectivity index (χ1) is 9.92. The topological polar surface area (TPSA) is 29.1 Å². The Morgan fingerprint density at radius 1 is 1.29 bits per heavy atom. The molecule has 1 atom stereocenters. The molecule has 5 heteroatoms. The van der Waals surface area contributed by atoms with Gasteiger partial charge in [0.25, 0.3) is 5.91 Å². The highest BCUT2D eigenvalue weighted by molar-refractivity contribution is 7.14. The van der Waals surface area contributed by atoms with E-state index in [1.54, 1.807) is 6.92 Å². The summed E-state index contributed by atoms with van der Waals surface area (Å²) in [6.07, 6.45) is 0.891. The zero-order chi connectivity index (χ0) is 15.6. The molecule has 0 radical (unpaired) electrons. The van der Waals surface area contributed by atoms with E-state index in [1.165, 1.54) is 22.3 Å². The molecule has 2 nitrogen and oxygen atoms in total. The molecule has 112 valence electrons. The van der Waals surface area contributed by atoms with Gasteiger partial charge in [-0.25, -0.2) is 8.78 Å². The van der Waals surface area contributed by atoms with Gasteiger partial charge < -0.3 is 5.32 Å². The van der Waals surface area contributed by atoms with Crippen LogP contribution in [0.2, 0.25) is 0 Å². The second-order valence-corrected chi connectivity index (χ2v) is 6.08. The summed E-state index contributed by atoms with van der Waals surface area (Å²) >= 11 is 1.46. The minimum Gasteiger partial charge on any atom is -0.345 e. The van der Waals surface area contributed by atoms with Crippen LogP contribution in [0.15, 0.2) is 24.3 Å². The molecule has 21 heavy (non-hydrogen) atoms. The molecule has 0 aliphatic rings. The van der Waals surface area contributed by atoms with Crippen molar-refractivity contribution in [2.24, 2.45) is 0 Å². The van der Waals surface area contributed by atoms with E-state index in [1.807, 2.05) is 19.9 Å². The van der Waals surface area contributed by atoms with Crippen molar-refractivity contribution in [2.45, 2.75) is 33.2 Å². The summed E-state index contributed by atoms with van der Waals surface area (Å²) in [5.74, 6) is -1.99. The highest BCUT2D eigenvalue weighted by atomic mass is 32.1. The molecule has 1 aromatic carbocycles. The number of benzene rings is 1. The molecule has 0 bridgehead atoms. The van der Waals surface area contributed by atoms with Crippen molar-refractivity contribution >= 4 is 17.2 Å².